The molecule has 0 heterocycles. The minimum atomic E-state index is 0.369. The largest absolute Gasteiger partial charge is 0.507 e. The third-order valence-corrected chi connectivity index (χ3v) is 2.09. The van der Waals surface area contributed by atoms with E-state index in [1.54, 1.807) is 0 Å². The fraction of sp³-hybridized carbons (Fsp3) is 0.364. The molecule has 1 rings (SSSR count). The maximum atomic E-state index is 10.1. The summed E-state index contributed by atoms with van der Waals surface area (Å²) < 4.78 is 0. The van der Waals surface area contributed by atoms with Crippen molar-refractivity contribution in [3.8, 4) is 5.75 Å². The van der Waals surface area contributed by atoms with Gasteiger partial charge in [-0.1, -0.05) is 18.2 Å². The van der Waals surface area contributed by atoms with Gasteiger partial charge in [0.25, 0.3) is 0 Å². The van der Waals surface area contributed by atoms with Gasteiger partial charge in [-0.2, -0.15) is 0 Å². The maximum Gasteiger partial charge on any atom is 0.121 e. The zero-order valence-corrected chi connectivity index (χ0v) is 7.79. The quantitative estimate of drug-likeness (QED) is 0.567. The van der Waals surface area contributed by atoms with E-state index in [1.165, 1.54) is 0 Å². The second kappa shape index (κ2) is 4.65. The molecule has 0 amide bonds. The van der Waals surface area contributed by atoms with Gasteiger partial charge in [-0.05, 0) is 30.9 Å². The molecule has 0 saturated carbocycles. The van der Waals surface area contributed by atoms with Crippen LogP contribution in [0.3, 0.4) is 0 Å². The third-order valence-electron chi connectivity index (χ3n) is 2.09. The number of phenolic OH excluding ortho intramolecular Hbond substituents is 1. The number of hydrogen-bond donors (Lipinski definition) is 1. The molecule has 13 heavy (non-hydrogen) atoms. The average molecular weight is 178 g/mol. The Hall–Kier alpha value is -1.31. The standard InChI is InChI=1S/C11H14O2/c1-9-5-4-7-10(11(9)13)6-2-3-8-12/h4-5,7-8,13H,2-3,6H2,1H3. The molecule has 0 fully saturated rings. The number of aldehydes is 1. The summed E-state index contributed by atoms with van der Waals surface area (Å²) in [6.45, 7) is 1.87. The first kappa shape index (κ1) is 9.78. The van der Waals surface area contributed by atoms with E-state index in [0.29, 0.717) is 12.2 Å². The van der Waals surface area contributed by atoms with Crippen molar-refractivity contribution in [3.63, 3.8) is 0 Å². The summed E-state index contributed by atoms with van der Waals surface area (Å²) in [5.74, 6) is 0.369. The first-order valence-electron chi connectivity index (χ1n) is 4.47. The molecule has 0 radical (unpaired) electrons. The monoisotopic (exact) mass is 178 g/mol. The molecule has 0 unspecified atom stereocenters. The van der Waals surface area contributed by atoms with E-state index in [9.17, 15) is 9.90 Å². The van der Waals surface area contributed by atoms with Crippen LogP contribution in [0.25, 0.3) is 0 Å². The smallest absolute Gasteiger partial charge is 0.121 e. The van der Waals surface area contributed by atoms with Gasteiger partial charge >= 0.3 is 0 Å². The van der Waals surface area contributed by atoms with Crippen molar-refractivity contribution in [3.05, 3.63) is 29.3 Å². The number of unbranched alkanes of at least 4 members (excludes halogenated alkanes) is 1. The number of benzene rings is 1. The Kier molecular flexibility index (Phi) is 3.50. The van der Waals surface area contributed by atoms with Crippen molar-refractivity contribution in [1.29, 1.82) is 0 Å². The van der Waals surface area contributed by atoms with Crippen LogP contribution < -0.4 is 0 Å². The van der Waals surface area contributed by atoms with Crippen LogP contribution in [0.5, 0.6) is 5.75 Å². The van der Waals surface area contributed by atoms with Gasteiger partial charge in [-0.25, -0.2) is 0 Å². The Labute approximate surface area is 78.2 Å². The normalized spacial score (nSPS) is 9.92. The van der Waals surface area contributed by atoms with E-state index in [1.807, 2.05) is 25.1 Å². The predicted molar refractivity (Wildman–Crippen MR) is 51.8 cm³/mol. The van der Waals surface area contributed by atoms with Gasteiger partial charge in [-0.15, -0.1) is 0 Å². The van der Waals surface area contributed by atoms with Crippen LogP contribution in [0, 0.1) is 6.92 Å². The van der Waals surface area contributed by atoms with Crippen LogP contribution >= 0.6 is 0 Å². The Balaban J connectivity index is 2.65. The van der Waals surface area contributed by atoms with Crippen LogP contribution in [0.15, 0.2) is 18.2 Å². The van der Waals surface area contributed by atoms with E-state index in [0.717, 1.165) is 30.3 Å². The van der Waals surface area contributed by atoms with Crippen LogP contribution in [0.1, 0.15) is 24.0 Å². The zero-order valence-electron chi connectivity index (χ0n) is 7.79. The SMILES string of the molecule is Cc1cccc(CCCC=O)c1O. The first-order valence-corrected chi connectivity index (χ1v) is 4.47. The van der Waals surface area contributed by atoms with Crippen molar-refractivity contribution in [1.82, 2.24) is 0 Å². The summed E-state index contributed by atoms with van der Waals surface area (Å²) >= 11 is 0. The van der Waals surface area contributed by atoms with E-state index in [4.69, 9.17) is 0 Å². The second-order valence-corrected chi connectivity index (χ2v) is 3.14. The predicted octanol–water partition coefficient (Wildman–Crippen LogP) is 2.22. The Morgan fingerprint density at radius 3 is 2.92 bits per heavy atom. The molecule has 1 aromatic carbocycles. The molecule has 0 aromatic heterocycles. The summed E-state index contributed by atoms with van der Waals surface area (Å²) in [4.78, 5) is 10.1. The van der Waals surface area contributed by atoms with Crippen LogP contribution in [-0.4, -0.2) is 11.4 Å². The van der Waals surface area contributed by atoms with E-state index in [-0.39, 0.29) is 0 Å². The van der Waals surface area contributed by atoms with Crippen molar-refractivity contribution in [2.24, 2.45) is 0 Å². The van der Waals surface area contributed by atoms with Crippen molar-refractivity contribution < 1.29 is 9.90 Å². The van der Waals surface area contributed by atoms with Crippen LogP contribution in [0.4, 0.5) is 0 Å². The molecule has 0 bridgehead atoms. The summed E-state index contributed by atoms with van der Waals surface area (Å²) in [5.41, 5.74) is 1.82. The molecule has 0 saturated heterocycles. The number of rotatable bonds is 4. The summed E-state index contributed by atoms with van der Waals surface area (Å²) in [6.07, 6.45) is 3.05. The Morgan fingerprint density at radius 1 is 1.46 bits per heavy atom. The first-order chi connectivity index (χ1) is 6.25. The van der Waals surface area contributed by atoms with Gasteiger partial charge in [0, 0.05) is 6.42 Å². The van der Waals surface area contributed by atoms with Crippen molar-refractivity contribution in [2.75, 3.05) is 0 Å². The molecule has 0 atom stereocenters. The third kappa shape index (κ3) is 2.58. The molecule has 1 aromatic rings. The number of para-hydroxylation sites is 1. The molecule has 0 aliphatic carbocycles. The molecular formula is C11H14O2. The lowest BCUT2D eigenvalue weighted by Crippen LogP contribution is -1.88. The summed E-state index contributed by atoms with van der Waals surface area (Å²) in [7, 11) is 0. The van der Waals surface area contributed by atoms with E-state index < -0.39 is 0 Å². The molecule has 2 heteroatoms. The maximum absolute atomic E-state index is 10.1. The summed E-state index contributed by atoms with van der Waals surface area (Å²) in [5, 5.41) is 9.61. The molecular weight excluding hydrogens is 164 g/mol. The number of aromatic hydroxyl groups is 1. The minimum absolute atomic E-state index is 0.369. The number of carbonyl (C=O) groups is 1. The molecule has 0 spiro atoms. The molecule has 0 aliphatic heterocycles. The number of carbonyl (C=O) groups excluding carboxylic acids is 1. The molecule has 2 nitrogen and oxygen atoms in total. The fourth-order valence-corrected chi connectivity index (χ4v) is 1.30. The number of aryl methyl sites for hydroxylation is 2. The van der Waals surface area contributed by atoms with Gasteiger partial charge in [0.05, 0.1) is 0 Å². The lowest BCUT2D eigenvalue weighted by molar-refractivity contribution is -0.107. The topological polar surface area (TPSA) is 37.3 Å². The highest BCUT2D eigenvalue weighted by Gasteiger charge is 2.02. The van der Waals surface area contributed by atoms with Gasteiger partial charge in [-0.3, -0.25) is 0 Å². The lowest BCUT2D eigenvalue weighted by atomic mass is 10.0. The Morgan fingerprint density at radius 2 is 2.23 bits per heavy atom. The van der Waals surface area contributed by atoms with Gasteiger partial charge < -0.3 is 9.90 Å². The molecule has 70 valence electrons. The summed E-state index contributed by atoms with van der Waals surface area (Å²) in [6, 6.07) is 5.69. The van der Waals surface area contributed by atoms with Crippen LogP contribution in [0.2, 0.25) is 0 Å². The van der Waals surface area contributed by atoms with Crippen LogP contribution in [-0.2, 0) is 11.2 Å². The number of hydrogen-bond acceptors (Lipinski definition) is 2. The Bertz CT molecular complexity index is 292. The number of phenols is 1. The van der Waals surface area contributed by atoms with Gasteiger partial charge in [0.1, 0.15) is 12.0 Å². The highest BCUT2D eigenvalue weighted by molar-refractivity contribution is 5.49. The zero-order chi connectivity index (χ0) is 9.68. The van der Waals surface area contributed by atoms with Crippen molar-refractivity contribution in [2.45, 2.75) is 26.2 Å². The molecule has 0 aliphatic rings. The van der Waals surface area contributed by atoms with E-state index in [2.05, 4.69) is 0 Å². The lowest BCUT2D eigenvalue weighted by Gasteiger charge is -2.05. The minimum Gasteiger partial charge on any atom is -0.507 e. The van der Waals surface area contributed by atoms with Gasteiger partial charge in [0.2, 0.25) is 0 Å². The average Bonchev–Trinajstić information content (AvgIpc) is 2.13. The second-order valence-electron chi connectivity index (χ2n) is 3.14. The van der Waals surface area contributed by atoms with Crippen molar-refractivity contribution >= 4 is 6.29 Å². The molecule has 1 N–H and O–H groups in total. The van der Waals surface area contributed by atoms with Gasteiger partial charge in [0.15, 0.2) is 0 Å². The highest BCUT2D eigenvalue weighted by atomic mass is 16.3. The highest BCUT2D eigenvalue weighted by Crippen LogP contribution is 2.22. The van der Waals surface area contributed by atoms with E-state index >= 15 is 0 Å². The fourth-order valence-electron chi connectivity index (χ4n) is 1.30.